The van der Waals surface area contributed by atoms with Crippen LogP contribution in [0.15, 0.2) is 0 Å². The van der Waals surface area contributed by atoms with Crippen LogP contribution in [0.3, 0.4) is 0 Å². The molecular weight excluding hydrogens is 298 g/mol. The fourth-order valence-electron chi connectivity index (χ4n) is 2.72. The lowest BCUT2D eigenvalue weighted by atomic mass is 9.74. The zero-order chi connectivity index (χ0) is 18.1. The summed E-state index contributed by atoms with van der Waals surface area (Å²) >= 11 is 0. The van der Waals surface area contributed by atoms with E-state index >= 15 is 0 Å². The molecular formula is C19H25N5. The highest BCUT2D eigenvalue weighted by molar-refractivity contribution is 5.23. The molecule has 0 radical (unpaired) electrons. The minimum absolute atomic E-state index is 0.218. The number of hydrogen-bond donors (Lipinski definition) is 0. The second kappa shape index (κ2) is 14.1. The van der Waals surface area contributed by atoms with Gasteiger partial charge in [-0.15, -0.1) is 0 Å². The van der Waals surface area contributed by atoms with Crippen molar-refractivity contribution in [3.05, 3.63) is 0 Å². The Hall–Kier alpha value is -2.55. The largest absolute Gasteiger partial charge is 0.198 e. The van der Waals surface area contributed by atoms with Crippen LogP contribution in [-0.2, 0) is 0 Å². The first kappa shape index (κ1) is 21.4. The van der Waals surface area contributed by atoms with Crippen molar-refractivity contribution in [2.45, 2.75) is 77.0 Å². The molecule has 5 heteroatoms. The Balaban J connectivity index is 3.89. The lowest BCUT2D eigenvalue weighted by Gasteiger charge is -2.20. The molecule has 0 aliphatic heterocycles. The summed E-state index contributed by atoms with van der Waals surface area (Å²) in [4.78, 5) is 0. The summed E-state index contributed by atoms with van der Waals surface area (Å²) in [5, 5.41) is 44.8. The van der Waals surface area contributed by atoms with Crippen molar-refractivity contribution >= 4 is 0 Å². The maximum absolute atomic E-state index is 9.23. The van der Waals surface area contributed by atoms with Crippen LogP contribution < -0.4 is 0 Å². The molecule has 0 aromatic rings. The van der Waals surface area contributed by atoms with Crippen molar-refractivity contribution in [2.24, 2.45) is 11.3 Å². The molecule has 0 fully saturated rings. The smallest absolute Gasteiger partial charge is 0.172 e. The van der Waals surface area contributed by atoms with Crippen LogP contribution >= 0.6 is 0 Å². The summed E-state index contributed by atoms with van der Waals surface area (Å²) in [5.74, 6) is -0.702. The van der Waals surface area contributed by atoms with Gasteiger partial charge in [-0.05, 0) is 12.8 Å². The van der Waals surface area contributed by atoms with Crippen LogP contribution in [-0.4, -0.2) is 0 Å². The van der Waals surface area contributed by atoms with E-state index in [4.69, 9.17) is 10.5 Å². The molecule has 0 bridgehead atoms. The van der Waals surface area contributed by atoms with Crippen LogP contribution in [0.2, 0.25) is 0 Å². The van der Waals surface area contributed by atoms with E-state index in [1.54, 1.807) is 0 Å². The lowest BCUT2D eigenvalue weighted by molar-refractivity contribution is 0.360. The van der Waals surface area contributed by atoms with E-state index in [0.29, 0.717) is 12.8 Å². The van der Waals surface area contributed by atoms with Gasteiger partial charge in [0.15, 0.2) is 5.41 Å². The minimum atomic E-state index is -1.49. The van der Waals surface area contributed by atoms with Crippen LogP contribution in [0, 0.1) is 68.0 Å². The molecule has 0 heterocycles. The number of nitriles is 5. The van der Waals surface area contributed by atoms with Gasteiger partial charge in [0.2, 0.25) is 0 Å². The summed E-state index contributed by atoms with van der Waals surface area (Å²) in [6.07, 6.45) is 10.6. The van der Waals surface area contributed by atoms with Crippen LogP contribution in [0.4, 0.5) is 0 Å². The topological polar surface area (TPSA) is 119 Å². The van der Waals surface area contributed by atoms with Gasteiger partial charge in [0.25, 0.3) is 0 Å². The Kier molecular flexibility index (Phi) is 12.6. The summed E-state index contributed by atoms with van der Waals surface area (Å²) in [7, 11) is 0. The number of unbranched alkanes of at least 4 members (excludes halogenated alkanes) is 9. The van der Waals surface area contributed by atoms with Gasteiger partial charge in [-0.2, -0.15) is 26.3 Å². The van der Waals surface area contributed by atoms with E-state index in [-0.39, 0.29) is 6.42 Å². The molecule has 24 heavy (non-hydrogen) atoms. The number of hydrogen-bond acceptors (Lipinski definition) is 5. The Bertz CT molecular complexity index is 533. The van der Waals surface area contributed by atoms with Crippen LogP contribution in [0.1, 0.15) is 77.0 Å². The molecule has 0 amide bonds. The summed E-state index contributed by atoms with van der Waals surface area (Å²) in [6.45, 7) is 0. The van der Waals surface area contributed by atoms with Crippen LogP contribution in [0.25, 0.3) is 0 Å². The van der Waals surface area contributed by atoms with Gasteiger partial charge in [0.05, 0.1) is 42.7 Å². The molecule has 0 aromatic carbocycles. The standard InChI is InChI=1S/C19H25N5/c20-13-10-8-6-4-2-1-3-5-7-9-11-18(15-22)19(16-23,17-24)12-14-21/h18H,1-12H2. The molecule has 1 unspecified atom stereocenters. The normalized spacial score (nSPS) is 11.3. The fourth-order valence-corrected chi connectivity index (χ4v) is 2.72. The van der Waals surface area contributed by atoms with Crippen molar-refractivity contribution < 1.29 is 0 Å². The molecule has 0 saturated carbocycles. The quantitative estimate of drug-likeness (QED) is 0.447. The average Bonchev–Trinajstić information content (AvgIpc) is 2.61. The van der Waals surface area contributed by atoms with E-state index < -0.39 is 11.3 Å². The fraction of sp³-hybridized carbons (Fsp3) is 0.737. The van der Waals surface area contributed by atoms with Crippen molar-refractivity contribution in [3.8, 4) is 30.3 Å². The molecule has 0 aliphatic rings. The van der Waals surface area contributed by atoms with E-state index in [2.05, 4.69) is 6.07 Å². The SMILES string of the molecule is N#CCCCCCCCCCCCC(C#N)C(C#N)(C#N)CC#N. The molecule has 0 aromatic heterocycles. The van der Waals surface area contributed by atoms with E-state index in [0.717, 1.165) is 38.5 Å². The average molecular weight is 323 g/mol. The Morgan fingerprint density at radius 1 is 0.625 bits per heavy atom. The van der Waals surface area contributed by atoms with Gasteiger partial charge < -0.3 is 0 Å². The summed E-state index contributed by atoms with van der Waals surface area (Å²) in [6, 6.07) is 9.81. The third-order valence-electron chi connectivity index (χ3n) is 4.29. The maximum atomic E-state index is 9.23. The second-order valence-corrected chi connectivity index (χ2v) is 6.09. The highest BCUT2D eigenvalue weighted by Gasteiger charge is 2.39. The summed E-state index contributed by atoms with van der Waals surface area (Å²) < 4.78 is 0. The molecule has 0 aliphatic carbocycles. The predicted octanol–water partition coefficient (Wildman–Crippen LogP) is 4.89. The van der Waals surface area contributed by atoms with Gasteiger partial charge in [-0.1, -0.05) is 51.4 Å². The molecule has 1 atom stereocenters. The number of nitrogens with zero attached hydrogens (tertiary/aromatic N) is 5. The zero-order valence-corrected chi connectivity index (χ0v) is 14.3. The monoisotopic (exact) mass is 323 g/mol. The lowest BCUT2D eigenvalue weighted by Crippen LogP contribution is -2.26. The Morgan fingerprint density at radius 3 is 1.54 bits per heavy atom. The zero-order valence-electron chi connectivity index (χ0n) is 14.3. The third-order valence-corrected chi connectivity index (χ3v) is 4.29. The van der Waals surface area contributed by atoms with E-state index in [9.17, 15) is 15.8 Å². The van der Waals surface area contributed by atoms with Crippen molar-refractivity contribution in [1.82, 2.24) is 0 Å². The molecule has 0 saturated heterocycles. The maximum Gasteiger partial charge on any atom is 0.172 e. The molecule has 0 rings (SSSR count). The highest BCUT2D eigenvalue weighted by atomic mass is 14.5. The van der Waals surface area contributed by atoms with Gasteiger partial charge in [-0.25, -0.2) is 0 Å². The first-order valence-electron chi connectivity index (χ1n) is 8.66. The van der Waals surface area contributed by atoms with Crippen molar-refractivity contribution in [1.29, 1.82) is 26.3 Å². The van der Waals surface area contributed by atoms with E-state index in [1.165, 1.54) is 19.3 Å². The molecule has 0 spiro atoms. The molecule has 5 nitrogen and oxygen atoms in total. The molecule has 126 valence electrons. The third kappa shape index (κ3) is 8.18. The van der Waals surface area contributed by atoms with Gasteiger partial charge in [0.1, 0.15) is 0 Å². The first-order valence-corrected chi connectivity index (χ1v) is 8.66. The minimum Gasteiger partial charge on any atom is -0.198 e. The van der Waals surface area contributed by atoms with Crippen LogP contribution in [0.5, 0.6) is 0 Å². The van der Waals surface area contributed by atoms with Crippen molar-refractivity contribution in [3.63, 3.8) is 0 Å². The van der Waals surface area contributed by atoms with Gasteiger partial charge in [0, 0.05) is 6.42 Å². The highest BCUT2D eigenvalue weighted by Crippen LogP contribution is 2.33. The van der Waals surface area contributed by atoms with Crippen molar-refractivity contribution in [2.75, 3.05) is 0 Å². The van der Waals surface area contributed by atoms with Gasteiger partial charge >= 0.3 is 0 Å². The first-order chi connectivity index (χ1) is 11.7. The summed E-state index contributed by atoms with van der Waals surface area (Å²) in [5.41, 5.74) is -1.49. The second-order valence-electron chi connectivity index (χ2n) is 6.09. The Morgan fingerprint density at radius 2 is 1.12 bits per heavy atom. The molecule has 0 N–H and O–H groups in total. The number of rotatable bonds is 13. The van der Waals surface area contributed by atoms with Gasteiger partial charge in [-0.3, -0.25) is 0 Å². The van der Waals surface area contributed by atoms with E-state index in [1.807, 2.05) is 24.3 Å². The predicted molar refractivity (Wildman–Crippen MR) is 89.4 cm³/mol. The Labute approximate surface area is 145 Å².